The van der Waals surface area contributed by atoms with E-state index in [1.54, 1.807) is 18.4 Å². The molecule has 0 aliphatic heterocycles. The molecule has 5 heteroatoms. The lowest BCUT2D eigenvalue weighted by atomic mass is 10.0. The monoisotopic (exact) mass is 389 g/mol. The van der Waals surface area contributed by atoms with Crippen LogP contribution in [-0.4, -0.2) is 7.11 Å². The minimum Gasteiger partial charge on any atom is -0.496 e. The van der Waals surface area contributed by atoms with Gasteiger partial charge in [-0.25, -0.2) is 0 Å². The van der Waals surface area contributed by atoms with E-state index in [-0.39, 0.29) is 6.04 Å². The van der Waals surface area contributed by atoms with Crippen molar-refractivity contribution >= 4 is 43.2 Å². The molecular formula is C13H13Br2NOS. The molecule has 0 saturated carbocycles. The third kappa shape index (κ3) is 2.79. The average molecular weight is 391 g/mol. The van der Waals surface area contributed by atoms with E-state index >= 15 is 0 Å². The predicted octanol–water partition coefficient (Wildman–Crippen LogP) is 4.64. The molecule has 2 rings (SSSR count). The molecule has 1 aromatic heterocycles. The fourth-order valence-corrected chi connectivity index (χ4v) is 3.90. The van der Waals surface area contributed by atoms with Gasteiger partial charge in [0.2, 0.25) is 0 Å². The van der Waals surface area contributed by atoms with Crippen molar-refractivity contribution in [3.05, 3.63) is 48.5 Å². The number of methoxy groups -OCH3 is 1. The van der Waals surface area contributed by atoms with E-state index in [0.717, 1.165) is 30.0 Å². The van der Waals surface area contributed by atoms with Crippen molar-refractivity contribution in [2.24, 2.45) is 5.73 Å². The van der Waals surface area contributed by atoms with Crippen molar-refractivity contribution in [1.82, 2.24) is 0 Å². The lowest BCUT2D eigenvalue weighted by Gasteiger charge is -2.12. The van der Waals surface area contributed by atoms with Crippen LogP contribution in [0, 0.1) is 6.92 Å². The second-order valence-corrected chi connectivity index (χ2v) is 7.23. The van der Waals surface area contributed by atoms with Crippen molar-refractivity contribution < 1.29 is 4.74 Å². The van der Waals surface area contributed by atoms with Gasteiger partial charge in [0.05, 0.1) is 16.9 Å². The first-order valence-corrected chi connectivity index (χ1v) is 7.78. The summed E-state index contributed by atoms with van der Waals surface area (Å²) in [6.45, 7) is 2.02. The van der Waals surface area contributed by atoms with E-state index in [2.05, 4.69) is 44.0 Å². The maximum atomic E-state index is 6.29. The molecule has 2 aromatic rings. The Labute approximate surface area is 127 Å². The Bertz CT molecular complexity index is 549. The van der Waals surface area contributed by atoms with Gasteiger partial charge in [-0.1, -0.05) is 12.1 Å². The van der Waals surface area contributed by atoms with Gasteiger partial charge < -0.3 is 10.5 Å². The van der Waals surface area contributed by atoms with Gasteiger partial charge in [-0.2, -0.15) is 0 Å². The molecule has 0 aliphatic rings. The van der Waals surface area contributed by atoms with Crippen LogP contribution in [0.1, 0.15) is 22.0 Å². The number of halogens is 2. The maximum Gasteiger partial charge on any atom is 0.121 e. The quantitative estimate of drug-likeness (QED) is 0.828. The number of hydrogen-bond donors (Lipinski definition) is 1. The summed E-state index contributed by atoms with van der Waals surface area (Å²) in [5.74, 6) is 0.888. The van der Waals surface area contributed by atoms with Crippen LogP contribution in [0.15, 0.2) is 32.5 Å². The Morgan fingerprint density at radius 3 is 2.50 bits per heavy atom. The van der Waals surface area contributed by atoms with Crippen LogP contribution in [-0.2, 0) is 0 Å². The van der Waals surface area contributed by atoms with Gasteiger partial charge >= 0.3 is 0 Å². The molecule has 1 unspecified atom stereocenters. The standard InChI is InChI=1S/C13H13Br2NOS/c1-7-5-8(3-4-10(7)17-2)12(16)11-6-9(14)13(15)18-11/h3-6,12H,16H2,1-2H3. The van der Waals surface area contributed by atoms with Crippen molar-refractivity contribution in [3.8, 4) is 5.75 Å². The van der Waals surface area contributed by atoms with Crippen LogP contribution in [0.4, 0.5) is 0 Å². The van der Waals surface area contributed by atoms with E-state index in [0.29, 0.717) is 0 Å². The fraction of sp³-hybridized carbons (Fsp3) is 0.231. The van der Waals surface area contributed by atoms with E-state index in [1.165, 1.54) is 0 Å². The lowest BCUT2D eigenvalue weighted by molar-refractivity contribution is 0.411. The summed E-state index contributed by atoms with van der Waals surface area (Å²) in [5, 5.41) is 0. The molecule has 2 N–H and O–H groups in total. The molecule has 96 valence electrons. The zero-order valence-corrected chi connectivity index (χ0v) is 14.0. The van der Waals surface area contributed by atoms with E-state index < -0.39 is 0 Å². The highest BCUT2D eigenvalue weighted by molar-refractivity contribution is 9.13. The summed E-state index contributed by atoms with van der Waals surface area (Å²) in [4.78, 5) is 1.12. The molecule has 0 aliphatic carbocycles. The number of nitrogens with two attached hydrogens (primary N) is 1. The van der Waals surface area contributed by atoms with Gasteiger partial charge in [0.25, 0.3) is 0 Å². The third-order valence-corrected chi connectivity index (χ3v) is 6.09. The SMILES string of the molecule is COc1ccc(C(N)c2cc(Br)c(Br)s2)cc1C. The van der Waals surface area contributed by atoms with Crippen LogP contribution in [0.25, 0.3) is 0 Å². The number of aryl methyl sites for hydroxylation is 1. The number of rotatable bonds is 3. The Hall–Kier alpha value is -0.360. The normalized spacial score (nSPS) is 12.5. The summed E-state index contributed by atoms with van der Waals surface area (Å²) >= 11 is 8.62. The molecule has 0 radical (unpaired) electrons. The Morgan fingerprint density at radius 1 is 1.28 bits per heavy atom. The maximum absolute atomic E-state index is 6.29. The van der Waals surface area contributed by atoms with Gasteiger partial charge in [0, 0.05) is 9.35 Å². The van der Waals surface area contributed by atoms with Crippen LogP contribution < -0.4 is 10.5 Å². The molecule has 1 atom stereocenters. The van der Waals surface area contributed by atoms with Gasteiger partial charge in [-0.3, -0.25) is 0 Å². The van der Waals surface area contributed by atoms with Crippen molar-refractivity contribution in [3.63, 3.8) is 0 Å². The van der Waals surface area contributed by atoms with E-state index in [4.69, 9.17) is 10.5 Å². The second kappa shape index (κ2) is 5.74. The van der Waals surface area contributed by atoms with Gasteiger partial charge in [-0.05, 0) is 62.0 Å². The highest BCUT2D eigenvalue weighted by Gasteiger charge is 2.14. The Kier molecular flexibility index (Phi) is 4.48. The highest BCUT2D eigenvalue weighted by atomic mass is 79.9. The summed E-state index contributed by atoms with van der Waals surface area (Å²) in [6, 6.07) is 7.99. The first kappa shape index (κ1) is 14.1. The molecular weight excluding hydrogens is 378 g/mol. The van der Waals surface area contributed by atoms with Crippen LogP contribution in [0.3, 0.4) is 0 Å². The smallest absolute Gasteiger partial charge is 0.121 e. The minimum atomic E-state index is -0.109. The molecule has 1 heterocycles. The van der Waals surface area contributed by atoms with Crippen LogP contribution >= 0.6 is 43.2 Å². The van der Waals surface area contributed by atoms with Crippen molar-refractivity contribution in [1.29, 1.82) is 0 Å². The first-order chi connectivity index (χ1) is 8.52. The zero-order chi connectivity index (χ0) is 13.3. The molecule has 2 nitrogen and oxygen atoms in total. The molecule has 0 spiro atoms. The largest absolute Gasteiger partial charge is 0.496 e. The van der Waals surface area contributed by atoms with Crippen molar-refractivity contribution in [2.45, 2.75) is 13.0 Å². The average Bonchev–Trinajstić information content (AvgIpc) is 2.68. The summed E-state index contributed by atoms with van der Waals surface area (Å²) in [6.07, 6.45) is 0. The second-order valence-electron chi connectivity index (χ2n) is 3.98. The minimum absolute atomic E-state index is 0.109. The van der Waals surface area contributed by atoms with Gasteiger partial charge in [0.15, 0.2) is 0 Å². The third-order valence-electron chi connectivity index (χ3n) is 2.75. The van der Waals surface area contributed by atoms with Gasteiger partial charge in [0.1, 0.15) is 5.75 Å². The summed E-state index contributed by atoms with van der Waals surface area (Å²) < 4.78 is 7.37. The number of hydrogen-bond acceptors (Lipinski definition) is 3. The Morgan fingerprint density at radius 2 is 2.00 bits per heavy atom. The number of thiophene rings is 1. The zero-order valence-electron chi connectivity index (χ0n) is 10.0. The molecule has 0 fully saturated rings. The highest BCUT2D eigenvalue weighted by Crippen LogP contribution is 2.37. The van der Waals surface area contributed by atoms with Crippen molar-refractivity contribution in [2.75, 3.05) is 7.11 Å². The lowest BCUT2D eigenvalue weighted by Crippen LogP contribution is -2.10. The van der Waals surface area contributed by atoms with E-state index in [9.17, 15) is 0 Å². The summed E-state index contributed by atoms with van der Waals surface area (Å²) in [5.41, 5.74) is 8.48. The molecule has 0 amide bonds. The number of ether oxygens (including phenoxy) is 1. The first-order valence-electron chi connectivity index (χ1n) is 5.37. The van der Waals surface area contributed by atoms with Crippen LogP contribution in [0.5, 0.6) is 5.75 Å². The summed E-state index contributed by atoms with van der Waals surface area (Å²) in [7, 11) is 1.68. The number of benzene rings is 1. The molecule has 0 bridgehead atoms. The predicted molar refractivity (Wildman–Crippen MR) is 83.5 cm³/mol. The van der Waals surface area contributed by atoms with Crippen LogP contribution in [0.2, 0.25) is 0 Å². The topological polar surface area (TPSA) is 35.2 Å². The molecule has 0 saturated heterocycles. The Balaban J connectivity index is 2.33. The fourth-order valence-electron chi connectivity index (χ4n) is 1.78. The molecule has 18 heavy (non-hydrogen) atoms. The molecule has 1 aromatic carbocycles. The van der Waals surface area contributed by atoms with E-state index in [1.807, 2.05) is 19.1 Å². The van der Waals surface area contributed by atoms with Gasteiger partial charge in [-0.15, -0.1) is 11.3 Å².